The van der Waals surface area contributed by atoms with Gasteiger partial charge in [-0.2, -0.15) is 0 Å². The van der Waals surface area contributed by atoms with Gasteiger partial charge in [-0.1, -0.05) is 37.5 Å². The maximum absolute atomic E-state index is 12.2. The summed E-state index contributed by atoms with van der Waals surface area (Å²) in [6.07, 6.45) is 11.7. The number of methoxy groups -OCH3 is 1. The fraction of sp³-hybridized carbons (Fsp3) is 0.652. The van der Waals surface area contributed by atoms with Gasteiger partial charge in [-0.25, -0.2) is 0 Å². The van der Waals surface area contributed by atoms with E-state index < -0.39 is 5.60 Å². The highest BCUT2D eigenvalue weighted by atomic mass is 16.5. The molecule has 2 aliphatic carbocycles. The lowest BCUT2D eigenvalue weighted by molar-refractivity contribution is -0.0432. The second-order valence-corrected chi connectivity index (χ2v) is 8.45. The van der Waals surface area contributed by atoms with Crippen LogP contribution in [0.5, 0.6) is 5.75 Å². The Bertz CT molecular complexity index is 601. The van der Waals surface area contributed by atoms with Crippen molar-refractivity contribution in [3.05, 3.63) is 35.4 Å². The molecule has 0 aliphatic heterocycles. The van der Waals surface area contributed by atoms with Gasteiger partial charge in [0.1, 0.15) is 5.75 Å². The highest BCUT2D eigenvalue weighted by Crippen LogP contribution is 2.48. The maximum atomic E-state index is 12.2. The molecule has 2 saturated carbocycles. The summed E-state index contributed by atoms with van der Waals surface area (Å²) in [7, 11) is 5.96. The number of aliphatic hydroxyl groups is 1. The van der Waals surface area contributed by atoms with E-state index in [4.69, 9.17) is 4.74 Å². The van der Waals surface area contributed by atoms with E-state index in [2.05, 4.69) is 37.2 Å². The van der Waals surface area contributed by atoms with Gasteiger partial charge in [0.25, 0.3) is 0 Å². The van der Waals surface area contributed by atoms with Gasteiger partial charge in [-0.15, -0.1) is 0 Å². The lowest BCUT2D eigenvalue weighted by atomic mass is 9.69. The average molecular weight is 358 g/mol. The first kappa shape index (κ1) is 19.4. The van der Waals surface area contributed by atoms with Gasteiger partial charge in [0.15, 0.2) is 0 Å². The highest BCUT2D eigenvalue weighted by molar-refractivity contribution is 5.56. The van der Waals surface area contributed by atoms with Gasteiger partial charge >= 0.3 is 0 Å². The summed E-state index contributed by atoms with van der Waals surface area (Å²) < 4.78 is 5.29. The summed E-state index contributed by atoms with van der Waals surface area (Å²) in [5.74, 6) is 1.62. The lowest BCUT2D eigenvalue weighted by Gasteiger charge is -2.43. The number of rotatable bonds is 5. The Morgan fingerprint density at radius 3 is 2.35 bits per heavy atom. The van der Waals surface area contributed by atoms with E-state index in [1.54, 1.807) is 7.11 Å². The van der Waals surface area contributed by atoms with E-state index in [0.29, 0.717) is 11.8 Å². The number of benzene rings is 1. The standard InChI is InChI=1S/C23H35NO2/c1-24(2)17-21-11-7-6-10-20(23(21,25)19-8-4-5-9-19)16-18-12-14-22(26-3)15-13-18/h12-16,19,21,25H,4-11,17H2,1-3H3. The maximum Gasteiger partial charge on any atom is 0.118 e. The molecule has 2 aliphatic rings. The smallest absolute Gasteiger partial charge is 0.118 e. The van der Waals surface area contributed by atoms with Gasteiger partial charge in [0, 0.05) is 12.5 Å². The van der Waals surface area contributed by atoms with Gasteiger partial charge in [-0.05, 0) is 75.4 Å². The second kappa shape index (κ2) is 8.58. The third-order valence-corrected chi connectivity index (χ3v) is 6.41. The normalized spacial score (nSPS) is 29.3. The summed E-state index contributed by atoms with van der Waals surface area (Å²) in [5, 5.41) is 12.2. The van der Waals surface area contributed by atoms with Crippen LogP contribution in [0.4, 0.5) is 0 Å². The van der Waals surface area contributed by atoms with Crippen LogP contribution in [0.3, 0.4) is 0 Å². The largest absolute Gasteiger partial charge is 0.497 e. The predicted octanol–water partition coefficient (Wildman–Crippen LogP) is 4.75. The fourth-order valence-corrected chi connectivity index (χ4v) is 5.11. The third kappa shape index (κ3) is 4.15. The molecule has 2 unspecified atom stereocenters. The van der Waals surface area contributed by atoms with E-state index >= 15 is 0 Å². The van der Waals surface area contributed by atoms with E-state index in [0.717, 1.165) is 25.1 Å². The Kier molecular flexibility index (Phi) is 6.42. The molecule has 144 valence electrons. The van der Waals surface area contributed by atoms with Crippen LogP contribution >= 0.6 is 0 Å². The number of ether oxygens (including phenoxy) is 1. The minimum Gasteiger partial charge on any atom is -0.497 e. The summed E-state index contributed by atoms with van der Waals surface area (Å²) in [6, 6.07) is 8.23. The zero-order chi connectivity index (χ0) is 18.6. The summed E-state index contributed by atoms with van der Waals surface area (Å²) in [4.78, 5) is 2.25. The average Bonchev–Trinajstić information content (AvgIpc) is 3.13. The molecule has 2 fully saturated rings. The van der Waals surface area contributed by atoms with Crippen molar-refractivity contribution in [2.75, 3.05) is 27.7 Å². The van der Waals surface area contributed by atoms with Crippen LogP contribution in [0, 0.1) is 11.8 Å². The van der Waals surface area contributed by atoms with Crippen LogP contribution in [-0.4, -0.2) is 43.4 Å². The van der Waals surface area contributed by atoms with E-state index in [9.17, 15) is 5.11 Å². The Hall–Kier alpha value is -1.32. The molecule has 1 aromatic rings. The van der Waals surface area contributed by atoms with Crippen molar-refractivity contribution in [3.8, 4) is 5.75 Å². The predicted molar refractivity (Wildman–Crippen MR) is 108 cm³/mol. The molecule has 0 heterocycles. The SMILES string of the molecule is COc1ccc(C=C2CCCCC(CN(C)C)C2(O)C2CCCC2)cc1. The zero-order valence-corrected chi connectivity index (χ0v) is 16.7. The monoisotopic (exact) mass is 357 g/mol. The first-order valence-corrected chi connectivity index (χ1v) is 10.3. The minimum absolute atomic E-state index is 0.326. The molecule has 1 N–H and O–H groups in total. The molecule has 0 saturated heterocycles. The Morgan fingerprint density at radius 2 is 1.73 bits per heavy atom. The molecular formula is C23H35NO2. The van der Waals surface area contributed by atoms with Crippen LogP contribution in [0.1, 0.15) is 56.9 Å². The molecule has 3 nitrogen and oxygen atoms in total. The highest BCUT2D eigenvalue weighted by Gasteiger charge is 2.47. The Balaban J connectivity index is 1.98. The van der Waals surface area contributed by atoms with Crippen molar-refractivity contribution < 1.29 is 9.84 Å². The van der Waals surface area contributed by atoms with Gasteiger partial charge in [0.2, 0.25) is 0 Å². The fourth-order valence-electron chi connectivity index (χ4n) is 5.11. The van der Waals surface area contributed by atoms with Crippen molar-refractivity contribution in [2.45, 2.75) is 57.0 Å². The molecule has 1 aromatic carbocycles. The molecule has 0 amide bonds. The van der Waals surface area contributed by atoms with Crippen molar-refractivity contribution in [3.63, 3.8) is 0 Å². The summed E-state index contributed by atoms with van der Waals surface area (Å²) in [6.45, 7) is 0.965. The Labute approximate surface area is 159 Å². The quantitative estimate of drug-likeness (QED) is 0.772. The van der Waals surface area contributed by atoms with E-state index in [-0.39, 0.29) is 0 Å². The second-order valence-electron chi connectivity index (χ2n) is 8.45. The van der Waals surface area contributed by atoms with Gasteiger partial charge < -0.3 is 14.7 Å². The van der Waals surface area contributed by atoms with Crippen LogP contribution in [0.2, 0.25) is 0 Å². The molecule has 0 spiro atoms. The van der Waals surface area contributed by atoms with Crippen LogP contribution < -0.4 is 4.74 Å². The van der Waals surface area contributed by atoms with Crippen molar-refractivity contribution in [1.29, 1.82) is 0 Å². The van der Waals surface area contributed by atoms with Crippen LogP contribution in [-0.2, 0) is 0 Å². The van der Waals surface area contributed by atoms with E-state index in [1.165, 1.54) is 49.7 Å². The Morgan fingerprint density at radius 1 is 1.08 bits per heavy atom. The lowest BCUT2D eigenvalue weighted by Crippen LogP contribution is -2.49. The van der Waals surface area contributed by atoms with Gasteiger partial charge in [0.05, 0.1) is 12.7 Å². The zero-order valence-electron chi connectivity index (χ0n) is 16.7. The molecule has 0 radical (unpaired) electrons. The van der Waals surface area contributed by atoms with Crippen LogP contribution in [0.15, 0.2) is 29.8 Å². The van der Waals surface area contributed by atoms with Crippen molar-refractivity contribution >= 4 is 6.08 Å². The summed E-state index contributed by atoms with van der Waals surface area (Å²) >= 11 is 0. The van der Waals surface area contributed by atoms with Gasteiger partial charge in [-0.3, -0.25) is 0 Å². The van der Waals surface area contributed by atoms with Crippen molar-refractivity contribution in [1.82, 2.24) is 4.90 Å². The molecular weight excluding hydrogens is 322 g/mol. The molecule has 0 bridgehead atoms. The first-order chi connectivity index (χ1) is 12.5. The number of hydrogen-bond donors (Lipinski definition) is 1. The van der Waals surface area contributed by atoms with E-state index in [1.807, 2.05) is 12.1 Å². The number of hydrogen-bond acceptors (Lipinski definition) is 3. The molecule has 3 heteroatoms. The topological polar surface area (TPSA) is 32.7 Å². The third-order valence-electron chi connectivity index (χ3n) is 6.41. The molecule has 2 atom stereocenters. The van der Waals surface area contributed by atoms with Crippen LogP contribution in [0.25, 0.3) is 6.08 Å². The van der Waals surface area contributed by atoms with Crippen molar-refractivity contribution in [2.24, 2.45) is 11.8 Å². The number of nitrogens with zero attached hydrogens (tertiary/aromatic N) is 1. The molecule has 0 aromatic heterocycles. The summed E-state index contributed by atoms with van der Waals surface area (Å²) in [5.41, 5.74) is 1.78. The molecule has 26 heavy (non-hydrogen) atoms. The first-order valence-electron chi connectivity index (χ1n) is 10.3. The molecule has 3 rings (SSSR count). The minimum atomic E-state index is -0.656.